The van der Waals surface area contributed by atoms with Gasteiger partial charge in [-0.15, -0.1) is 0 Å². The molecule has 8 heteroatoms. The molecule has 1 unspecified atom stereocenters. The van der Waals surface area contributed by atoms with Crippen LogP contribution in [0.25, 0.3) is 0 Å². The Hall–Kier alpha value is -2.87. The van der Waals surface area contributed by atoms with Crippen molar-refractivity contribution in [3.8, 4) is 17.2 Å². The summed E-state index contributed by atoms with van der Waals surface area (Å²) in [6, 6.07) is 12.5. The molecular formula is C34H53N3O4S. The second kappa shape index (κ2) is 22.7. The van der Waals surface area contributed by atoms with Crippen LogP contribution < -0.4 is 20.9 Å². The summed E-state index contributed by atoms with van der Waals surface area (Å²) in [4.78, 5) is 24.4. The molecule has 42 heavy (non-hydrogen) atoms. The predicted octanol–water partition coefficient (Wildman–Crippen LogP) is 9.12. The van der Waals surface area contributed by atoms with Crippen LogP contribution in [-0.4, -0.2) is 34.6 Å². The van der Waals surface area contributed by atoms with Crippen LogP contribution in [-0.2, 0) is 0 Å². The summed E-state index contributed by atoms with van der Waals surface area (Å²) in [5, 5.41) is 12.7. The Morgan fingerprint density at radius 3 is 1.79 bits per heavy atom. The minimum absolute atomic E-state index is 0.162. The van der Waals surface area contributed by atoms with E-state index in [1.54, 1.807) is 36.4 Å². The molecule has 4 N–H and O–H groups in total. The Labute approximate surface area is 257 Å². The number of aromatic hydroxyl groups is 1. The van der Waals surface area contributed by atoms with Crippen molar-refractivity contribution in [3.63, 3.8) is 0 Å². The number of hydrazine groups is 1. The van der Waals surface area contributed by atoms with Crippen molar-refractivity contribution in [3.05, 3.63) is 54.1 Å². The maximum Gasteiger partial charge on any atom is 0.333 e. The third kappa shape index (κ3) is 17.2. The average Bonchev–Trinajstić information content (AvgIpc) is 2.99. The number of unbranched alkanes of at least 4 members (excludes halogenated alkanes) is 13. The fourth-order valence-electron chi connectivity index (χ4n) is 4.69. The topological polar surface area (TPSA) is 99.7 Å². The highest BCUT2D eigenvalue weighted by Gasteiger charge is 2.08. The van der Waals surface area contributed by atoms with Crippen molar-refractivity contribution in [2.24, 2.45) is 0 Å². The summed E-state index contributed by atoms with van der Waals surface area (Å²) < 4.78 is 5.68. The first kappa shape index (κ1) is 35.3. The summed E-state index contributed by atoms with van der Waals surface area (Å²) in [7, 11) is 0. The van der Waals surface area contributed by atoms with Crippen molar-refractivity contribution in [1.29, 1.82) is 0 Å². The molecule has 0 aliphatic carbocycles. The Morgan fingerprint density at radius 1 is 0.738 bits per heavy atom. The first-order valence-electron chi connectivity index (χ1n) is 16.0. The largest absolute Gasteiger partial charge is 0.508 e. The summed E-state index contributed by atoms with van der Waals surface area (Å²) in [5.74, 6) is 1.71. The lowest BCUT2D eigenvalue weighted by Gasteiger charge is -2.12. The van der Waals surface area contributed by atoms with Crippen LogP contribution in [0.1, 0.15) is 121 Å². The Balaban J connectivity index is 1.41. The first-order valence-corrected chi connectivity index (χ1v) is 17.1. The molecule has 234 valence electrons. The molecule has 1 atom stereocenters. The molecule has 2 rings (SSSR count). The lowest BCUT2D eigenvalue weighted by Crippen LogP contribution is -2.47. The van der Waals surface area contributed by atoms with Crippen LogP contribution in [0, 0.1) is 0 Å². The van der Waals surface area contributed by atoms with Gasteiger partial charge in [0.2, 0.25) is 0 Å². The highest BCUT2D eigenvalue weighted by atomic mass is 32.2. The number of ether oxygens (including phenoxy) is 1. The summed E-state index contributed by atoms with van der Waals surface area (Å²) in [6.45, 7) is 5.07. The van der Waals surface area contributed by atoms with E-state index in [0.29, 0.717) is 28.9 Å². The van der Waals surface area contributed by atoms with Gasteiger partial charge in [0.25, 0.3) is 5.91 Å². The fraction of sp³-hybridized carbons (Fsp3) is 0.588. The van der Waals surface area contributed by atoms with E-state index in [2.05, 4.69) is 30.0 Å². The Kier molecular flexibility index (Phi) is 19.1. The van der Waals surface area contributed by atoms with E-state index in [-0.39, 0.29) is 5.75 Å². The van der Waals surface area contributed by atoms with E-state index in [1.807, 2.05) is 11.8 Å². The summed E-state index contributed by atoms with van der Waals surface area (Å²) in [6.07, 6.45) is 20.6. The van der Waals surface area contributed by atoms with Gasteiger partial charge in [0.1, 0.15) is 17.2 Å². The van der Waals surface area contributed by atoms with Crippen molar-refractivity contribution in [2.75, 3.05) is 12.3 Å². The first-order chi connectivity index (χ1) is 20.5. The summed E-state index contributed by atoms with van der Waals surface area (Å²) >= 11 is 1.87. The molecule has 0 aromatic heterocycles. The average molecular weight is 600 g/mol. The van der Waals surface area contributed by atoms with Gasteiger partial charge in [-0.1, -0.05) is 104 Å². The number of carbonyl (C=O) groups excluding carboxylic acids is 2. The molecular weight excluding hydrogens is 546 g/mol. The van der Waals surface area contributed by atoms with Crippen LogP contribution in [0.4, 0.5) is 4.79 Å². The molecule has 0 aliphatic heterocycles. The van der Waals surface area contributed by atoms with Crippen LogP contribution in [0.3, 0.4) is 0 Å². The standard InChI is InChI=1S/C34H53N3O4S/c1-3-4-5-6-7-8-9-10-11-12-13-14-15-16-17-28(2)42-27-26-35-34(40)37-36-33(39)29-18-22-31(23-19-29)41-32-24-20-30(38)21-25-32/h18-25,28,38H,3-17,26-27H2,1-2H3,(H,36,39)(H2,35,37,40). The number of urea groups is 1. The minimum atomic E-state index is -0.434. The van der Waals surface area contributed by atoms with Gasteiger partial charge in [-0.3, -0.25) is 10.2 Å². The van der Waals surface area contributed by atoms with Crippen molar-refractivity contribution in [2.45, 2.75) is 115 Å². The number of phenols is 1. The molecule has 0 saturated heterocycles. The third-order valence-corrected chi connectivity index (χ3v) is 8.48. The summed E-state index contributed by atoms with van der Waals surface area (Å²) in [5.41, 5.74) is 5.20. The van der Waals surface area contributed by atoms with E-state index in [9.17, 15) is 14.7 Å². The molecule has 0 aliphatic rings. The van der Waals surface area contributed by atoms with Gasteiger partial charge in [-0.05, 0) is 55.0 Å². The van der Waals surface area contributed by atoms with E-state index < -0.39 is 11.9 Å². The number of nitrogens with one attached hydrogen (secondary N) is 3. The number of phenolic OH excluding ortho intramolecular Hbond substituents is 1. The van der Waals surface area contributed by atoms with E-state index >= 15 is 0 Å². The second-order valence-corrected chi connectivity index (χ2v) is 12.6. The predicted molar refractivity (Wildman–Crippen MR) is 175 cm³/mol. The van der Waals surface area contributed by atoms with Gasteiger partial charge in [0, 0.05) is 23.1 Å². The molecule has 0 heterocycles. The SMILES string of the molecule is CCCCCCCCCCCCCCCCC(C)SCCNC(=O)NNC(=O)c1ccc(Oc2ccc(O)cc2)cc1. The number of benzene rings is 2. The fourth-order valence-corrected chi connectivity index (χ4v) is 5.64. The molecule has 7 nitrogen and oxygen atoms in total. The third-order valence-electron chi connectivity index (χ3n) is 7.23. The zero-order valence-electron chi connectivity index (χ0n) is 25.8. The molecule has 0 radical (unpaired) electrons. The molecule has 3 amide bonds. The van der Waals surface area contributed by atoms with Crippen LogP contribution in [0.2, 0.25) is 0 Å². The molecule has 0 spiro atoms. The van der Waals surface area contributed by atoms with E-state index in [4.69, 9.17) is 4.74 Å². The molecule has 0 bridgehead atoms. The molecule has 2 aromatic carbocycles. The number of hydrogen-bond acceptors (Lipinski definition) is 5. The van der Waals surface area contributed by atoms with Crippen molar-refractivity contribution in [1.82, 2.24) is 16.2 Å². The Morgan fingerprint density at radius 2 is 1.24 bits per heavy atom. The van der Waals surface area contributed by atoms with Gasteiger partial charge in [0.15, 0.2) is 0 Å². The van der Waals surface area contributed by atoms with Crippen molar-refractivity contribution < 1.29 is 19.4 Å². The number of hydrogen-bond donors (Lipinski definition) is 4. The van der Waals surface area contributed by atoms with Crippen LogP contribution in [0.15, 0.2) is 48.5 Å². The highest BCUT2D eigenvalue weighted by Crippen LogP contribution is 2.23. The van der Waals surface area contributed by atoms with Gasteiger partial charge in [-0.2, -0.15) is 11.8 Å². The number of amides is 3. The maximum atomic E-state index is 12.3. The van der Waals surface area contributed by atoms with Gasteiger partial charge >= 0.3 is 6.03 Å². The van der Waals surface area contributed by atoms with Crippen molar-refractivity contribution >= 4 is 23.7 Å². The number of rotatable bonds is 22. The van der Waals surface area contributed by atoms with Gasteiger partial charge in [0.05, 0.1) is 0 Å². The molecule has 2 aromatic rings. The normalized spacial score (nSPS) is 11.6. The lowest BCUT2D eigenvalue weighted by molar-refractivity contribution is 0.0936. The molecule has 0 saturated carbocycles. The van der Waals surface area contributed by atoms with E-state index in [0.717, 1.165) is 5.75 Å². The monoisotopic (exact) mass is 599 g/mol. The highest BCUT2D eigenvalue weighted by molar-refractivity contribution is 7.99. The van der Waals surface area contributed by atoms with Crippen LogP contribution >= 0.6 is 11.8 Å². The Bertz CT molecular complexity index is 985. The lowest BCUT2D eigenvalue weighted by atomic mass is 10.0. The van der Waals surface area contributed by atoms with Crippen LogP contribution in [0.5, 0.6) is 17.2 Å². The van der Waals surface area contributed by atoms with Gasteiger partial charge < -0.3 is 15.2 Å². The van der Waals surface area contributed by atoms with Gasteiger partial charge in [-0.25, -0.2) is 10.2 Å². The smallest absolute Gasteiger partial charge is 0.333 e. The zero-order valence-corrected chi connectivity index (χ0v) is 26.6. The quantitative estimate of drug-likeness (QED) is 0.0799. The number of carbonyl (C=O) groups is 2. The number of thioether (sulfide) groups is 1. The second-order valence-electron chi connectivity index (χ2n) is 11.0. The van der Waals surface area contributed by atoms with E-state index in [1.165, 1.54) is 108 Å². The maximum absolute atomic E-state index is 12.3. The zero-order chi connectivity index (χ0) is 30.3. The minimum Gasteiger partial charge on any atom is -0.508 e. The molecule has 0 fully saturated rings.